The average Bonchev–Trinajstić information content (AvgIpc) is 3.39. The number of carboxylic acid groups (broad SMARTS) is 1. The molecule has 2 N–H and O–H groups in total. The number of carboxylic acids is 1. The van der Waals surface area contributed by atoms with Gasteiger partial charge in [0.15, 0.2) is 28.2 Å². The highest BCUT2D eigenvalue weighted by atomic mass is 32.2. The molecule has 1 fully saturated rings. The molecule has 3 aromatic rings. The van der Waals surface area contributed by atoms with Crippen LogP contribution in [0.2, 0.25) is 0 Å². The molecule has 2 heterocycles. The fourth-order valence-electron chi connectivity index (χ4n) is 4.58. The fourth-order valence-corrected chi connectivity index (χ4v) is 6.67. The molecule has 13 heteroatoms. The molecule has 0 radical (unpaired) electrons. The molecule has 45 heavy (non-hydrogen) atoms. The SMILES string of the molecule is Cc1ccc(S(=O)(=O)N(C)CC#Cc2ccc(OCCCc3sc(NCCC4CCOC(C)(C)O4)nc3C(=O)O)c(F)c2)cc1. The lowest BCUT2D eigenvalue weighted by Crippen LogP contribution is -2.40. The number of rotatable bonds is 13. The van der Waals surface area contributed by atoms with Crippen molar-refractivity contribution >= 4 is 32.5 Å². The standard InChI is InChI=1S/C32H38FN3O7S2/c1-22-9-12-25(13-10-22)45(39,40)36(4)18-5-7-23-11-14-27(26(33)21-23)41-19-6-8-28-29(30(37)38)35-31(44-28)34-17-15-24-16-20-42-32(2,3)43-24/h9-14,21,24H,6,8,15-20H2,1-4H3,(H,34,35)(H,37,38). The van der Waals surface area contributed by atoms with Gasteiger partial charge in [-0.1, -0.05) is 29.5 Å². The number of sulfonamides is 1. The van der Waals surface area contributed by atoms with Gasteiger partial charge in [-0.05, 0) is 76.8 Å². The van der Waals surface area contributed by atoms with E-state index < -0.39 is 27.6 Å². The molecule has 0 amide bonds. The Morgan fingerprint density at radius 1 is 1.27 bits per heavy atom. The summed E-state index contributed by atoms with van der Waals surface area (Å²) >= 11 is 1.28. The van der Waals surface area contributed by atoms with E-state index in [-0.39, 0.29) is 35.6 Å². The number of nitrogens with zero attached hydrogens (tertiary/aromatic N) is 2. The van der Waals surface area contributed by atoms with E-state index in [2.05, 4.69) is 22.1 Å². The zero-order chi connectivity index (χ0) is 32.6. The highest BCUT2D eigenvalue weighted by molar-refractivity contribution is 7.89. The summed E-state index contributed by atoms with van der Waals surface area (Å²) in [6, 6.07) is 10.8. The van der Waals surface area contributed by atoms with E-state index >= 15 is 0 Å². The molecular formula is C32H38FN3O7S2. The highest BCUT2D eigenvalue weighted by Gasteiger charge is 2.29. The number of hydrogen-bond donors (Lipinski definition) is 2. The van der Waals surface area contributed by atoms with Crippen LogP contribution in [0.4, 0.5) is 9.52 Å². The van der Waals surface area contributed by atoms with Crippen molar-refractivity contribution in [3.63, 3.8) is 0 Å². The van der Waals surface area contributed by atoms with E-state index in [0.29, 0.717) is 41.6 Å². The second kappa shape index (κ2) is 15.2. The lowest BCUT2D eigenvalue weighted by atomic mass is 10.1. The smallest absolute Gasteiger partial charge is 0.355 e. The molecule has 242 valence electrons. The van der Waals surface area contributed by atoms with Crippen LogP contribution >= 0.6 is 11.3 Å². The van der Waals surface area contributed by atoms with E-state index in [1.807, 2.05) is 20.8 Å². The number of benzene rings is 2. The van der Waals surface area contributed by atoms with Gasteiger partial charge in [-0.2, -0.15) is 4.31 Å². The van der Waals surface area contributed by atoms with Crippen molar-refractivity contribution in [2.45, 2.75) is 63.2 Å². The van der Waals surface area contributed by atoms with Crippen LogP contribution in [-0.2, 0) is 25.9 Å². The topological polar surface area (TPSA) is 127 Å². The normalized spacial score (nSPS) is 16.2. The van der Waals surface area contributed by atoms with Gasteiger partial charge in [-0.15, -0.1) is 11.3 Å². The van der Waals surface area contributed by atoms with Crippen molar-refractivity contribution in [2.75, 3.05) is 38.7 Å². The number of aryl methyl sites for hydroxylation is 2. The lowest BCUT2D eigenvalue weighted by Gasteiger charge is -2.36. The maximum atomic E-state index is 14.7. The molecule has 1 aliphatic rings. The Morgan fingerprint density at radius 3 is 2.71 bits per heavy atom. The van der Waals surface area contributed by atoms with Crippen LogP contribution in [0.1, 0.15) is 59.6 Å². The Hall–Kier alpha value is -3.54. The number of aromatic carboxylic acids is 1. The molecule has 1 atom stereocenters. The highest BCUT2D eigenvalue weighted by Crippen LogP contribution is 2.27. The summed E-state index contributed by atoms with van der Waals surface area (Å²) in [5.41, 5.74) is 1.33. The Labute approximate surface area is 267 Å². The number of thiazole rings is 1. The molecule has 1 aliphatic heterocycles. The predicted molar refractivity (Wildman–Crippen MR) is 170 cm³/mol. The van der Waals surface area contributed by atoms with Gasteiger partial charge in [0.1, 0.15) is 0 Å². The van der Waals surface area contributed by atoms with Gasteiger partial charge in [0, 0.05) is 24.0 Å². The van der Waals surface area contributed by atoms with Gasteiger partial charge in [0.2, 0.25) is 10.0 Å². The maximum Gasteiger partial charge on any atom is 0.355 e. The Balaban J connectivity index is 1.24. The van der Waals surface area contributed by atoms with Crippen LogP contribution in [-0.4, -0.2) is 74.0 Å². The van der Waals surface area contributed by atoms with Crippen LogP contribution in [0.5, 0.6) is 5.75 Å². The van der Waals surface area contributed by atoms with Crippen molar-refractivity contribution in [3.05, 3.63) is 70.0 Å². The van der Waals surface area contributed by atoms with Crippen molar-refractivity contribution in [3.8, 4) is 17.6 Å². The van der Waals surface area contributed by atoms with E-state index in [9.17, 15) is 22.7 Å². The third-order valence-electron chi connectivity index (χ3n) is 6.98. The first kappa shape index (κ1) is 34.3. The van der Waals surface area contributed by atoms with Crippen LogP contribution in [0, 0.1) is 24.6 Å². The molecule has 4 rings (SSSR count). The third kappa shape index (κ3) is 9.72. The van der Waals surface area contributed by atoms with Crippen molar-refractivity contribution in [2.24, 2.45) is 0 Å². The molecule has 1 saturated heterocycles. The molecule has 10 nitrogen and oxygen atoms in total. The zero-order valence-corrected chi connectivity index (χ0v) is 27.4. The summed E-state index contributed by atoms with van der Waals surface area (Å²) in [5, 5.41) is 13.3. The number of nitrogens with one attached hydrogen (secondary N) is 1. The van der Waals surface area contributed by atoms with Crippen LogP contribution in [0.3, 0.4) is 0 Å². The number of aromatic nitrogens is 1. The molecule has 1 unspecified atom stereocenters. The van der Waals surface area contributed by atoms with Gasteiger partial charge in [-0.3, -0.25) is 0 Å². The average molecular weight is 660 g/mol. The van der Waals surface area contributed by atoms with Gasteiger partial charge in [-0.25, -0.2) is 22.6 Å². The molecule has 0 saturated carbocycles. The Bertz CT molecular complexity index is 1650. The zero-order valence-electron chi connectivity index (χ0n) is 25.8. The Morgan fingerprint density at radius 2 is 2.02 bits per heavy atom. The number of anilines is 1. The molecule has 0 spiro atoms. The van der Waals surface area contributed by atoms with Crippen molar-refractivity contribution in [1.29, 1.82) is 0 Å². The molecule has 1 aromatic heterocycles. The van der Waals surface area contributed by atoms with Crippen LogP contribution in [0.25, 0.3) is 0 Å². The van der Waals surface area contributed by atoms with Crippen molar-refractivity contribution < 1.29 is 36.9 Å². The molecule has 0 aliphatic carbocycles. The second-order valence-electron chi connectivity index (χ2n) is 11.1. The fraction of sp³-hybridized carbons (Fsp3) is 0.438. The van der Waals surface area contributed by atoms with Gasteiger partial charge in [0.25, 0.3) is 0 Å². The lowest BCUT2D eigenvalue weighted by molar-refractivity contribution is -0.273. The van der Waals surface area contributed by atoms with Crippen LogP contribution in [0.15, 0.2) is 47.4 Å². The number of ether oxygens (including phenoxy) is 3. The summed E-state index contributed by atoms with van der Waals surface area (Å²) in [5.74, 6) is 3.29. The van der Waals surface area contributed by atoms with Gasteiger partial charge >= 0.3 is 5.97 Å². The minimum absolute atomic E-state index is 0.00244. The quantitative estimate of drug-likeness (QED) is 0.185. The largest absolute Gasteiger partial charge is 0.491 e. The summed E-state index contributed by atoms with van der Waals surface area (Å²) < 4.78 is 58.3. The van der Waals surface area contributed by atoms with Gasteiger partial charge < -0.3 is 24.6 Å². The van der Waals surface area contributed by atoms with Crippen molar-refractivity contribution in [1.82, 2.24) is 9.29 Å². The minimum Gasteiger partial charge on any atom is -0.491 e. The first-order valence-electron chi connectivity index (χ1n) is 14.6. The molecular weight excluding hydrogens is 621 g/mol. The number of carbonyl (C=O) groups is 1. The second-order valence-corrected chi connectivity index (χ2v) is 14.2. The summed E-state index contributed by atoms with van der Waals surface area (Å²) in [6.45, 7) is 6.96. The van der Waals surface area contributed by atoms with E-state index in [1.54, 1.807) is 30.3 Å². The monoisotopic (exact) mass is 659 g/mol. The predicted octanol–water partition coefficient (Wildman–Crippen LogP) is 5.32. The van der Waals surface area contributed by atoms with Crippen LogP contribution < -0.4 is 10.1 Å². The van der Waals surface area contributed by atoms with Gasteiger partial charge in [0.05, 0.1) is 30.8 Å². The first-order valence-corrected chi connectivity index (χ1v) is 16.8. The number of halogens is 1. The van der Waals surface area contributed by atoms with E-state index in [4.69, 9.17) is 14.2 Å². The van der Waals surface area contributed by atoms with E-state index in [1.165, 1.54) is 30.5 Å². The number of hydrogen-bond acceptors (Lipinski definition) is 9. The first-order chi connectivity index (χ1) is 21.3. The maximum absolute atomic E-state index is 14.7. The summed E-state index contributed by atoms with van der Waals surface area (Å²) in [7, 11) is -2.25. The summed E-state index contributed by atoms with van der Waals surface area (Å²) in [4.78, 5) is 16.8. The summed E-state index contributed by atoms with van der Waals surface area (Å²) in [6.07, 6.45) is 2.44. The minimum atomic E-state index is -3.69. The van der Waals surface area contributed by atoms with E-state index in [0.717, 1.165) is 22.7 Å². The Kier molecular flexibility index (Phi) is 11.6. The third-order valence-corrected chi connectivity index (χ3v) is 9.87. The molecule has 0 bridgehead atoms. The molecule has 2 aromatic carbocycles.